The monoisotopic (exact) mass is 151 g/mol. The van der Waals surface area contributed by atoms with E-state index in [-0.39, 0.29) is 0 Å². The van der Waals surface area contributed by atoms with Crippen molar-refractivity contribution in [3.63, 3.8) is 0 Å². The van der Waals surface area contributed by atoms with Crippen LogP contribution in [0.25, 0.3) is 0 Å². The van der Waals surface area contributed by atoms with Crippen molar-refractivity contribution in [3.8, 4) is 0 Å². The van der Waals surface area contributed by atoms with E-state index < -0.39 is 0 Å². The Morgan fingerprint density at radius 1 is 1.55 bits per heavy atom. The number of hydrogen-bond donors (Lipinski definition) is 0. The van der Waals surface area contributed by atoms with Gasteiger partial charge in [0.2, 0.25) is 0 Å². The van der Waals surface area contributed by atoms with Crippen LogP contribution in [0, 0.1) is 0 Å². The summed E-state index contributed by atoms with van der Waals surface area (Å²) in [5.41, 5.74) is 0. The summed E-state index contributed by atoms with van der Waals surface area (Å²) in [5.74, 6) is 0.842. The molecule has 0 bridgehead atoms. The number of aryl methyl sites for hydroxylation is 1. The Hall–Kier alpha value is -1.05. The summed E-state index contributed by atoms with van der Waals surface area (Å²) in [4.78, 5) is 4.02. The maximum Gasteiger partial charge on any atom is 0.193 e. The van der Waals surface area contributed by atoms with E-state index in [9.17, 15) is 0 Å². The molecule has 0 aromatic carbocycles. The van der Waals surface area contributed by atoms with E-state index in [1.165, 1.54) is 6.42 Å². The van der Waals surface area contributed by atoms with Crippen molar-refractivity contribution in [1.82, 2.24) is 4.98 Å². The molecule has 1 aromatic heterocycles. The molecule has 2 nitrogen and oxygen atoms in total. The van der Waals surface area contributed by atoms with Crippen LogP contribution in [0.2, 0.25) is 0 Å². The van der Waals surface area contributed by atoms with Crippen molar-refractivity contribution < 1.29 is 4.42 Å². The fourth-order valence-corrected chi connectivity index (χ4v) is 0.941. The van der Waals surface area contributed by atoms with Gasteiger partial charge in [-0.15, -0.1) is 6.58 Å². The molecule has 1 heterocycles. The van der Waals surface area contributed by atoms with Gasteiger partial charge in [-0.1, -0.05) is 6.08 Å². The predicted molar refractivity (Wildman–Crippen MR) is 44.3 cm³/mol. The van der Waals surface area contributed by atoms with E-state index in [1.54, 1.807) is 12.5 Å². The van der Waals surface area contributed by atoms with Gasteiger partial charge in [0.05, 0.1) is 6.20 Å². The molecule has 0 atom stereocenters. The number of nitrogens with zero attached hydrogens (tertiary/aromatic N) is 1. The summed E-state index contributed by atoms with van der Waals surface area (Å²) in [7, 11) is 0. The zero-order valence-electron chi connectivity index (χ0n) is 6.62. The third kappa shape index (κ3) is 3.03. The molecule has 0 fully saturated rings. The van der Waals surface area contributed by atoms with Gasteiger partial charge in [0.1, 0.15) is 6.26 Å². The number of hydrogen-bond acceptors (Lipinski definition) is 2. The highest BCUT2D eigenvalue weighted by molar-refractivity contribution is 4.79. The van der Waals surface area contributed by atoms with Crippen molar-refractivity contribution >= 4 is 0 Å². The van der Waals surface area contributed by atoms with Crippen molar-refractivity contribution in [2.24, 2.45) is 0 Å². The quantitative estimate of drug-likeness (QED) is 0.477. The fourth-order valence-electron chi connectivity index (χ4n) is 0.941. The molecule has 1 rings (SSSR count). The normalized spacial score (nSPS) is 9.82. The lowest BCUT2D eigenvalue weighted by Gasteiger charge is -1.92. The van der Waals surface area contributed by atoms with Crippen LogP contribution in [-0.4, -0.2) is 4.98 Å². The summed E-state index contributed by atoms with van der Waals surface area (Å²) in [6.45, 7) is 3.66. The molecule has 0 spiro atoms. The molecule has 0 saturated heterocycles. The number of unbranched alkanes of at least 4 members (excludes halogenated alkanes) is 2. The predicted octanol–water partition coefficient (Wildman–Crippen LogP) is 2.57. The van der Waals surface area contributed by atoms with Gasteiger partial charge in [-0.3, -0.25) is 0 Å². The van der Waals surface area contributed by atoms with Gasteiger partial charge < -0.3 is 4.42 Å². The third-order valence-electron chi connectivity index (χ3n) is 1.53. The van der Waals surface area contributed by atoms with Gasteiger partial charge >= 0.3 is 0 Å². The molecule has 0 saturated carbocycles. The highest BCUT2D eigenvalue weighted by Crippen LogP contribution is 2.03. The molecule has 2 heteroatoms. The van der Waals surface area contributed by atoms with Crippen LogP contribution < -0.4 is 0 Å². The third-order valence-corrected chi connectivity index (χ3v) is 1.53. The van der Waals surface area contributed by atoms with Gasteiger partial charge in [0.25, 0.3) is 0 Å². The molecule has 0 aliphatic carbocycles. The number of aromatic nitrogens is 1. The van der Waals surface area contributed by atoms with E-state index in [2.05, 4.69) is 11.6 Å². The largest absolute Gasteiger partial charge is 0.449 e. The van der Waals surface area contributed by atoms with Crippen LogP contribution in [0.3, 0.4) is 0 Å². The van der Waals surface area contributed by atoms with Gasteiger partial charge in [-0.25, -0.2) is 4.98 Å². The zero-order valence-corrected chi connectivity index (χ0v) is 6.62. The average Bonchev–Trinajstić information content (AvgIpc) is 2.50. The highest BCUT2D eigenvalue weighted by atomic mass is 16.3. The van der Waals surface area contributed by atoms with E-state index in [1.807, 2.05) is 6.08 Å². The smallest absolute Gasteiger partial charge is 0.193 e. The lowest BCUT2D eigenvalue weighted by Crippen LogP contribution is -1.83. The molecule has 11 heavy (non-hydrogen) atoms. The molecular formula is C9H13NO. The number of allylic oxidation sites excluding steroid dienone is 1. The molecule has 1 aromatic rings. The van der Waals surface area contributed by atoms with Crippen molar-refractivity contribution in [3.05, 3.63) is 31.0 Å². The first-order valence-corrected chi connectivity index (χ1v) is 3.93. The Morgan fingerprint density at radius 2 is 2.45 bits per heavy atom. The second-order valence-corrected chi connectivity index (χ2v) is 2.46. The lowest BCUT2D eigenvalue weighted by molar-refractivity contribution is 0.483. The Morgan fingerprint density at radius 3 is 3.09 bits per heavy atom. The van der Waals surface area contributed by atoms with E-state index in [0.717, 1.165) is 25.2 Å². The molecule has 0 aliphatic rings. The zero-order chi connectivity index (χ0) is 7.94. The SMILES string of the molecule is C=CCCCCc1ncco1. The Bertz CT molecular complexity index is 191. The average molecular weight is 151 g/mol. The minimum atomic E-state index is 0.842. The van der Waals surface area contributed by atoms with Crippen LogP contribution in [-0.2, 0) is 6.42 Å². The minimum absolute atomic E-state index is 0.842. The maximum atomic E-state index is 5.08. The van der Waals surface area contributed by atoms with Gasteiger partial charge in [-0.2, -0.15) is 0 Å². The van der Waals surface area contributed by atoms with Crippen LogP contribution >= 0.6 is 0 Å². The Kier molecular flexibility index (Phi) is 3.45. The van der Waals surface area contributed by atoms with E-state index >= 15 is 0 Å². The van der Waals surface area contributed by atoms with Crippen LogP contribution in [0.5, 0.6) is 0 Å². The second-order valence-electron chi connectivity index (χ2n) is 2.46. The standard InChI is InChI=1S/C9H13NO/c1-2-3-4-5-6-9-10-7-8-11-9/h2,7-8H,1,3-6H2. The summed E-state index contributed by atoms with van der Waals surface area (Å²) in [6.07, 6.45) is 9.57. The van der Waals surface area contributed by atoms with E-state index in [0.29, 0.717) is 0 Å². The van der Waals surface area contributed by atoms with Crippen LogP contribution in [0.1, 0.15) is 25.2 Å². The Balaban J connectivity index is 2.09. The van der Waals surface area contributed by atoms with Crippen molar-refractivity contribution in [1.29, 1.82) is 0 Å². The van der Waals surface area contributed by atoms with Crippen LogP contribution in [0.4, 0.5) is 0 Å². The first-order chi connectivity index (χ1) is 5.43. The van der Waals surface area contributed by atoms with Crippen molar-refractivity contribution in [2.75, 3.05) is 0 Å². The highest BCUT2D eigenvalue weighted by Gasteiger charge is 1.94. The van der Waals surface area contributed by atoms with Gasteiger partial charge in [-0.05, 0) is 19.3 Å². The molecule has 0 N–H and O–H groups in total. The minimum Gasteiger partial charge on any atom is -0.449 e. The summed E-state index contributed by atoms with van der Waals surface area (Å²) < 4.78 is 5.08. The first kappa shape index (κ1) is 8.05. The molecule has 0 amide bonds. The lowest BCUT2D eigenvalue weighted by atomic mass is 10.2. The van der Waals surface area contributed by atoms with E-state index in [4.69, 9.17) is 4.42 Å². The molecule has 0 aliphatic heterocycles. The summed E-state index contributed by atoms with van der Waals surface area (Å²) in [5, 5.41) is 0. The number of oxazole rings is 1. The van der Waals surface area contributed by atoms with Crippen LogP contribution in [0.15, 0.2) is 29.5 Å². The molecular weight excluding hydrogens is 138 g/mol. The Labute approximate surface area is 66.9 Å². The molecule has 60 valence electrons. The first-order valence-electron chi connectivity index (χ1n) is 3.93. The molecule has 0 radical (unpaired) electrons. The summed E-state index contributed by atoms with van der Waals surface area (Å²) in [6, 6.07) is 0. The molecule has 0 unspecified atom stereocenters. The second kappa shape index (κ2) is 4.72. The van der Waals surface area contributed by atoms with Gasteiger partial charge in [0.15, 0.2) is 5.89 Å². The van der Waals surface area contributed by atoms with Gasteiger partial charge in [0, 0.05) is 6.42 Å². The van der Waals surface area contributed by atoms with Crippen molar-refractivity contribution in [2.45, 2.75) is 25.7 Å². The maximum absolute atomic E-state index is 5.08. The summed E-state index contributed by atoms with van der Waals surface area (Å²) >= 11 is 0. The number of rotatable bonds is 5. The fraction of sp³-hybridized carbons (Fsp3) is 0.444. The topological polar surface area (TPSA) is 26.0 Å².